The van der Waals surface area contributed by atoms with E-state index in [9.17, 15) is 29.1 Å². The zero-order valence-corrected chi connectivity index (χ0v) is 28.1. The fourth-order valence-electron chi connectivity index (χ4n) is 7.72. The minimum atomic E-state index is -1.35. The molecule has 49 heavy (non-hydrogen) atoms. The van der Waals surface area contributed by atoms with Crippen molar-refractivity contribution < 1.29 is 29.1 Å². The summed E-state index contributed by atoms with van der Waals surface area (Å²) < 4.78 is 0. The van der Waals surface area contributed by atoms with Crippen molar-refractivity contribution in [1.29, 1.82) is 0 Å². The Morgan fingerprint density at radius 3 is 1.88 bits per heavy atom. The highest BCUT2D eigenvalue weighted by atomic mass is 16.4. The van der Waals surface area contributed by atoms with Crippen molar-refractivity contribution in [1.82, 2.24) is 30.7 Å². The Morgan fingerprint density at radius 1 is 0.796 bits per heavy atom. The minimum absolute atomic E-state index is 0.0729. The SMILES string of the molecule is CC(C)CN1CN(c2ccccc2)C2(CCN(C(=O)NCC(NC(=O)N3CCC4(CC3)C(=O)NCN4c3ccccc3)C(=O)O)CC2)C1=O. The number of urea groups is 2. The molecule has 4 saturated heterocycles. The molecule has 4 fully saturated rings. The van der Waals surface area contributed by atoms with E-state index in [2.05, 4.69) is 34.7 Å². The number of carbonyl (C=O) groups is 5. The Bertz CT molecular complexity index is 1540. The number of aliphatic carboxylic acids is 1. The van der Waals surface area contributed by atoms with Crippen LogP contribution in [0.4, 0.5) is 21.0 Å². The Hall–Kier alpha value is -5.01. The van der Waals surface area contributed by atoms with Crippen LogP contribution in [0.3, 0.4) is 0 Å². The number of rotatable bonds is 8. The minimum Gasteiger partial charge on any atom is -0.480 e. The zero-order valence-electron chi connectivity index (χ0n) is 28.1. The lowest BCUT2D eigenvalue weighted by Crippen LogP contribution is -2.61. The predicted molar refractivity (Wildman–Crippen MR) is 183 cm³/mol. The first-order valence-electron chi connectivity index (χ1n) is 17.1. The molecule has 0 saturated carbocycles. The number of benzene rings is 2. The van der Waals surface area contributed by atoms with E-state index >= 15 is 0 Å². The summed E-state index contributed by atoms with van der Waals surface area (Å²) in [5.74, 6) is -0.964. The first-order chi connectivity index (χ1) is 23.5. The highest BCUT2D eigenvalue weighted by Crippen LogP contribution is 2.40. The van der Waals surface area contributed by atoms with Gasteiger partial charge in [0.25, 0.3) is 0 Å². The van der Waals surface area contributed by atoms with Gasteiger partial charge in [-0.2, -0.15) is 0 Å². The number of hydrogen-bond acceptors (Lipinski definition) is 7. The average molecular weight is 675 g/mol. The second-order valence-corrected chi connectivity index (χ2v) is 13.8. The summed E-state index contributed by atoms with van der Waals surface area (Å²) in [5.41, 5.74) is 0.346. The number of hydrogen-bond donors (Lipinski definition) is 4. The maximum Gasteiger partial charge on any atom is 0.328 e. The van der Waals surface area contributed by atoms with Crippen molar-refractivity contribution in [3.05, 3.63) is 60.7 Å². The van der Waals surface area contributed by atoms with Crippen LogP contribution in [-0.2, 0) is 14.4 Å². The Morgan fingerprint density at radius 2 is 1.33 bits per heavy atom. The molecule has 262 valence electrons. The Balaban J connectivity index is 1.02. The van der Waals surface area contributed by atoms with E-state index in [0.717, 1.165) is 11.4 Å². The maximum absolute atomic E-state index is 13.8. The van der Waals surface area contributed by atoms with Crippen LogP contribution >= 0.6 is 0 Å². The number of carbonyl (C=O) groups excluding carboxylic acids is 4. The molecular formula is C35H46N8O6. The smallest absolute Gasteiger partial charge is 0.328 e. The summed E-state index contributed by atoms with van der Waals surface area (Å²) in [6.45, 7) is 6.57. The van der Waals surface area contributed by atoms with Crippen LogP contribution in [0.5, 0.6) is 0 Å². The van der Waals surface area contributed by atoms with Crippen molar-refractivity contribution in [2.75, 3.05) is 62.4 Å². The first-order valence-corrected chi connectivity index (χ1v) is 17.1. The van der Waals surface area contributed by atoms with E-state index in [0.29, 0.717) is 64.6 Å². The van der Waals surface area contributed by atoms with Crippen LogP contribution in [0.1, 0.15) is 39.5 Å². The van der Waals surface area contributed by atoms with Gasteiger partial charge in [0.2, 0.25) is 11.8 Å². The average Bonchev–Trinajstić information content (AvgIpc) is 3.55. The quantitative estimate of drug-likeness (QED) is 0.332. The van der Waals surface area contributed by atoms with Crippen LogP contribution < -0.4 is 25.8 Å². The first kappa shape index (κ1) is 33.9. The number of amides is 6. The number of anilines is 2. The third-order valence-electron chi connectivity index (χ3n) is 10.4. The zero-order chi connectivity index (χ0) is 34.8. The molecule has 14 heteroatoms. The van der Waals surface area contributed by atoms with Gasteiger partial charge >= 0.3 is 18.0 Å². The van der Waals surface area contributed by atoms with E-state index < -0.39 is 35.2 Å². The lowest BCUT2D eigenvalue weighted by atomic mass is 9.85. The van der Waals surface area contributed by atoms with Crippen LogP contribution in [-0.4, -0.2) is 119 Å². The summed E-state index contributed by atoms with van der Waals surface area (Å²) in [7, 11) is 0. The van der Waals surface area contributed by atoms with Gasteiger partial charge in [0.05, 0.1) is 19.9 Å². The van der Waals surface area contributed by atoms with Crippen LogP contribution in [0.15, 0.2) is 60.7 Å². The molecule has 0 aromatic heterocycles. The summed E-state index contributed by atoms with van der Waals surface area (Å²) in [6.07, 6.45) is 1.67. The number of piperidine rings is 2. The van der Waals surface area contributed by atoms with E-state index in [1.807, 2.05) is 70.5 Å². The lowest BCUT2D eigenvalue weighted by molar-refractivity contribution is -0.139. The summed E-state index contributed by atoms with van der Waals surface area (Å²) in [5, 5.41) is 18.1. The van der Waals surface area contributed by atoms with Gasteiger partial charge < -0.3 is 45.6 Å². The molecule has 2 aromatic rings. The largest absolute Gasteiger partial charge is 0.480 e. The molecule has 0 aliphatic carbocycles. The van der Waals surface area contributed by atoms with Crippen LogP contribution in [0.2, 0.25) is 0 Å². The molecule has 1 unspecified atom stereocenters. The third-order valence-corrected chi connectivity index (χ3v) is 10.4. The number of carboxylic acids is 1. The van der Waals surface area contributed by atoms with Crippen molar-refractivity contribution in [3.8, 4) is 0 Å². The van der Waals surface area contributed by atoms with E-state index in [1.165, 1.54) is 4.90 Å². The number of likely N-dealkylation sites (tertiary alicyclic amines) is 2. The van der Waals surface area contributed by atoms with Gasteiger partial charge in [-0.25, -0.2) is 14.4 Å². The molecule has 0 radical (unpaired) electrons. The number of para-hydroxylation sites is 2. The predicted octanol–water partition coefficient (Wildman–Crippen LogP) is 2.08. The molecule has 4 aliphatic heterocycles. The lowest BCUT2D eigenvalue weighted by Gasteiger charge is -2.43. The van der Waals surface area contributed by atoms with Gasteiger partial charge in [0, 0.05) is 44.1 Å². The second-order valence-electron chi connectivity index (χ2n) is 13.8. The van der Waals surface area contributed by atoms with Crippen molar-refractivity contribution in [2.24, 2.45) is 5.92 Å². The van der Waals surface area contributed by atoms with E-state index in [4.69, 9.17) is 0 Å². The van der Waals surface area contributed by atoms with Gasteiger partial charge in [0.15, 0.2) is 0 Å². The molecule has 14 nitrogen and oxygen atoms in total. The highest BCUT2D eigenvalue weighted by molar-refractivity contribution is 5.95. The Kier molecular flexibility index (Phi) is 9.57. The van der Waals surface area contributed by atoms with Gasteiger partial charge in [-0.1, -0.05) is 50.2 Å². The van der Waals surface area contributed by atoms with Crippen molar-refractivity contribution in [3.63, 3.8) is 0 Å². The second kappa shape index (κ2) is 13.8. The summed E-state index contributed by atoms with van der Waals surface area (Å²) in [6, 6.07) is 17.1. The summed E-state index contributed by atoms with van der Waals surface area (Å²) >= 11 is 0. The molecule has 2 spiro atoms. The molecule has 4 N–H and O–H groups in total. The number of nitrogens with one attached hydrogen (secondary N) is 3. The molecule has 6 rings (SSSR count). The highest BCUT2D eigenvalue weighted by Gasteiger charge is 2.54. The van der Waals surface area contributed by atoms with Gasteiger partial charge in [0.1, 0.15) is 17.1 Å². The van der Waals surface area contributed by atoms with Crippen LogP contribution in [0.25, 0.3) is 0 Å². The molecule has 1 atom stereocenters. The standard InChI is InChI=1S/C35H46N8O6/c1-25(2)22-41-24-43(27-11-7-4-8-12-27)35(31(41)47)15-19-39(20-16-35)32(48)36-21-28(29(44)45)38-33(49)40-17-13-34(14-18-40)30(46)37-23-42(34)26-9-5-3-6-10-26/h3-12,25,28H,13-24H2,1-2H3,(H,36,48)(H,37,46)(H,38,49)(H,44,45). The van der Waals surface area contributed by atoms with Crippen molar-refractivity contribution >= 4 is 41.2 Å². The fraction of sp³-hybridized carbons (Fsp3) is 0.514. The number of nitrogens with zero attached hydrogens (tertiary/aromatic N) is 5. The maximum atomic E-state index is 13.8. The number of carboxylic acid groups (broad SMARTS) is 1. The molecule has 4 aliphatic rings. The van der Waals surface area contributed by atoms with Gasteiger partial charge in [-0.3, -0.25) is 9.59 Å². The summed E-state index contributed by atoms with van der Waals surface area (Å²) in [4.78, 5) is 74.5. The molecular weight excluding hydrogens is 628 g/mol. The van der Waals surface area contributed by atoms with E-state index in [-0.39, 0.29) is 31.4 Å². The molecule has 6 amide bonds. The molecule has 2 aromatic carbocycles. The monoisotopic (exact) mass is 674 g/mol. The fourth-order valence-corrected chi connectivity index (χ4v) is 7.72. The van der Waals surface area contributed by atoms with Gasteiger partial charge in [-0.05, 0) is 55.9 Å². The normalized spacial score (nSPS) is 20.6. The topological polar surface area (TPSA) is 158 Å². The van der Waals surface area contributed by atoms with Crippen molar-refractivity contribution in [2.45, 2.75) is 56.7 Å². The molecule has 0 bridgehead atoms. The van der Waals surface area contributed by atoms with Crippen LogP contribution in [0, 0.1) is 5.92 Å². The van der Waals surface area contributed by atoms with Gasteiger partial charge in [-0.15, -0.1) is 0 Å². The van der Waals surface area contributed by atoms with E-state index in [1.54, 1.807) is 4.90 Å². The molecule has 4 heterocycles. The third kappa shape index (κ3) is 6.55. The Labute approximate surface area is 286 Å².